The molecule has 0 bridgehead atoms. The number of oxime groups is 1. The molecule has 2 rings (SSSR count). The zero-order chi connectivity index (χ0) is 14.4. The van der Waals surface area contributed by atoms with Gasteiger partial charge in [0.05, 0.1) is 0 Å². The Kier molecular flexibility index (Phi) is 4.44. The van der Waals surface area contributed by atoms with Crippen molar-refractivity contribution in [1.82, 2.24) is 4.98 Å². The fraction of sp³-hybridized carbons (Fsp3) is 0.133. The number of nitrogens with zero attached hydrogens (tertiary/aromatic N) is 2. The summed E-state index contributed by atoms with van der Waals surface area (Å²) >= 11 is 0. The zero-order valence-corrected chi connectivity index (χ0v) is 11.0. The molecule has 0 spiro atoms. The van der Waals surface area contributed by atoms with Gasteiger partial charge in [-0.3, -0.25) is 4.98 Å². The van der Waals surface area contributed by atoms with Crippen LogP contribution in [0.1, 0.15) is 11.3 Å². The average molecular weight is 270 g/mol. The molecule has 20 heavy (non-hydrogen) atoms. The van der Waals surface area contributed by atoms with E-state index in [1.54, 1.807) is 42.6 Å². The van der Waals surface area contributed by atoms with E-state index in [0.29, 0.717) is 11.4 Å². The molecule has 102 valence electrons. The number of benzene rings is 1. The summed E-state index contributed by atoms with van der Waals surface area (Å²) in [7, 11) is 0. The lowest BCUT2D eigenvalue weighted by Crippen LogP contribution is -2.23. The third-order valence-electron chi connectivity index (χ3n) is 2.63. The third-order valence-corrected chi connectivity index (χ3v) is 2.63. The topological polar surface area (TPSA) is 71.8 Å². The standard InChI is InChI=1S/C15H14N2O3/c1-11-5-4-7-13(9-11)20-15(18)14(17-19)10-12-6-2-3-8-16-12/h2-9,19H,10H2,1H3. The molecule has 0 saturated carbocycles. The van der Waals surface area contributed by atoms with E-state index in [1.807, 2.05) is 13.0 Å². The van der Waals surface area contributed by atoms with E-state index < -0.39 is 5.97 Å². The van der Waals surface area contributed by atoms with Gasteiger partial charge in [-0.15, -0.1) is 0 Å². The fourth-order valence-electron chi connectivity index (χ4n) is 1.67. The largest absolute Gasteiger partial charge is 0.422 e. The highest BCUT2D eigenvalue weighted by Crippen LogP contribution is 2.13. The van der Waals surface area contributed by atoms with Crippen LogP contribution in [0.25, 0.3) is 0 Å². The van der Waals surface area contributed by atoms with Crippen LogP contribution in [0.4, 0.5) is 0 Å². The lowest BCUT2D eigenvalue weighted by molar-refractivity contribution is -0.127. The van der Waals surface area contributed by atoms with Gasteiger partial charge in [0.25, 0.3) is 0 Å². The van der Waals surface area contributed by atoms with Gasteiger partial charge < -0.3 is 9.94 Å². The Labute approximate surface area is 116 Å². The second kappa shape index (κ2) is 6.47. The molecule has 1 aromatic heterocycles. The number of rotatable bonds is 4. The van der Waals surface area contributed by atoms with E-state index >= 15 is 0 Å². The molecular formula is C15H14N2O3. The SMILES string of the molecule is Cc1cccc(OC(=O)C(Cc2ccccn2)=NO)c1. The monoisotopic (exact) mass is 270 g/mol. The van der Waals surface area contributed by atoms with Crippen LogP contribution in [0.15, 0.2) is 53.8 Å². The van der Waals surface area contributed by atoms with Crippen LogP contribution in [-0.4, -0.2) is 21.9 Å². The predicted octanol–water partition coefficient (Wildman–Crippen LogP) is 2.37. The molecule has 0 unspecified atom stereocenters. The second-order valence-corrected chi connectivity index (χ2v) is 4.25. The Morgan fingerprint density at radius 3 is 2.80 bits per heavy atom. The van der Waals surface area contributed by atoms with Crippen molar-refractivity contribution in [3.8, 4) is 5.75 Å². The van der Waals surface area contributed by atoms with Gasteiger partial charge in [-0.05, 0) is 36.8 Å². The maximum Gasteiger partial charge on any atom is 0.361 e. The van der Waals surface area contributed by atoms with E-state index in [4.69, 9.17) is 9.94 Å². The van der Waals surface area contributed by atoms with E-state index in [0.717, 1.165) is 5.56 Å². The molecule has 0 saturated heterocycles. The molecule has 0 radical (unpaired) electrons. The number of ether oxygens (including phenoxy) is 1. The van der Waals surface area contributed by atoms with Crippen molar-refractivity contribution in [2.24, 2.45) is 5.16 Å². The van der Waals surface area contributed by atoms with E-state index in [-0.39, 0.29) is 12.1 Å². The Balaban J connectivity index is 2.07. The number of carbonyl (C=O) groups is 1. The average Bonchev–Trinajstić information content (AvgIpc) is 2.45. The van der Waals surface area contributed by atoms with Crippen molar-refractivity contribution >= 4 is 11.7 Å². The summed E-state index contributed by atoms with van der Waals surface area (Å²) < 4.78 is 5.16. The highest BCUT2D eigenvalue weighted by atomic mass is 16.5. The van der Waals surface area contributed by atoms with Crippen molar-refractivity contribution in [2.45, 2.75) is 13.3 Å². The summed E-state index contributed by atoms with van der Waals surface area (Å²) in [5.74, 6) is -0.277. The normalized spacial score (nSPS) is 11.2. The minimum Gasteiger partial charge on any atom is -0.422 e. The van der Waals surface area contributed by atoms with Crippen molar-refractivity contribution in [2.75, 3.05) is 0 Å². The van der Waals surface area contributed by atoms with E-state index in [9.17, 15) is 4.79 Å². The number of hydrogen-bond donors (Lipinski definition) is 1. The highest BCUT2D eigenvalue weighted by Gasteiger charge is 2.16. The van der Waals surface area contributed by atoms with Crippen molar-refractivity contribution in [3.05, 3.63) is 59.9 Å². The minimum absolute atomic E-state index is 0.0924. The minimum atomic E-state index is -0.691. The maximum atomic E-state index is 11.9. The molecule has 0 atom stereocenters. The van der Waals surface area contributed by atoms with Gasteiger partial charge in [0.1, 0.15) is 5.75 Å². The van der Waals surface area contributed by atoms with Gasteiger partial charge in [0.15, 0.2) is 5.71 Å². The molecule has 0 aliphatic carbocycles. The first-order chi connectivity index (χ1) is 9.69. The third kappa shape index (κ3) is 3.65. The van der Waals surface area contributed by atoms with Gasteiger partial charge in [0.2, 0.25) is 0 Å². The summed E-state index contributed by atoms with van der Waals surface area (Å²) in [6, 6.07) is 12.4. The lowest BCUT2D eigenvalue weighted by Gasteiger charge is -2.06. The molecule has 5 heteroatoms. The van der Waals surface area contributed by atoms with Gasteiger partial charge in [-0.1, -0.05) is 23.4 Å². The Bertz CT molecular complexity index is 624. The number of aryl methyl sites for hydroxylation is 1. The van der Waals surface area contributed by atoms with Crippen LogP contribution in [0.3, 0.4) is 0 Å². The summed E-state index contributed by atoms with van der Waals surface area (Å²) in [4.78, 5) is 16.0. The molecule has 1 aromatic carbocycles. The number of aromatic nitrogens is 1. The van der Waals surface area contributed by atoms with Crippen LogP contribution in [0, 0.1) is 6.92 Å². The van der Waals surface area contributed by atoms with Gasteiger partial charge in [0, 0.05) is 18.3 Å². The van der Waals surface area contributed by atoms with Crippen LogP contribution in [0.2, 0.25) is 0 Å². The predicted molar refractivity (Wildman–Crippen MR) is 74.0 cm³/mol. The fourth-order valence-corrected chi connectivity index (χ4v) is 1.67. The number of pyridine rings is 1. The van der Waals surface area contributed by atoms with Crippen LogP contribution in [-0.2, 0) is 11.2 Å². The molecule has 0 aliphatic rings. The van der Waals surface area contributed by atoms with Gasteiger partial charge >= 0.3 is 5.97 Å². The molecule has 0 aliphatic heterocycles. The number of esters is 1. The molecule has 0 amide bonds. The molecule has 0 fully saturated rings. The summed E-state index contributed by atoms with van der Waals surface area (Å²) in [6.45, 7) is 1.90. The Morgan fingerprint density at radius 1 is 1.30 bits per heavy atom. The Morgan fingerprint density at radius 2 is 2.15 bits per heavy atom. The van der Waals surface area contributed by atoms with Gasteiger partial charge in [-0.2, -0.15) is 0 Å². The molecule has 2 aromatic rings. The van der Waals surface area contributed by atoms with E-state index in [1.165, 1.54) is 0 Å². The zero-order valence-electron chi connectivity index (χ0n) is 11.0. The smallest absolute Gasteiger partial charge is 0.361 e. The Hall–Kier alpha value is -2.69. The first kappa shape index (κ1) is 13.7. The van der Waals surface area contributed by atoms with Crippen LogP contribution in [0.5, 0.6) is 5.75 Å². The van der Waals surface area contributed by atoms with Crippen molar-refractivity contribution in [1.29, 1.82) is 0 Å². The molecule has 1 N–H and O–H groups in total. The maximum absolute atomic E-state index is 11.9. The van der Waals surface area contributed by atoms with Crippen molar-refractivity contribution < 1.29 is 14.7 Å². The summed E-state index contributed by atoms with van der Waals surface area (Å²) in [5.41, 5.74) is 1.51. The lowest BCUT2D eigenvalue weighted by atomic mass is 10.2. The highest BCUT2D eigenvalue weighted by molar-refractivity contribution is 6.37. The van der Waals surface area contributed by atoms with E-state index in [2.05, 4.69) is 10.1 Å². The van der Waals surface area contributed by atoms with Crippen molar-refractivity contribution in [3.63, 3.8) is 0 Å². The van der Waals surface area contributed by atoms with Crippen LogP contribution >= 0.6 is 0 Å². The molecule has 1 heterocycles. The number of carbonyl (C=O) groups excluding carboxylic acids is 1. The first-order valence-corrected chi connectivity index (χ1v) is 6.08. The summed E-state index contributed by atoms with van der Waals surface area (Å²) in [6.07, 6.45) is 1.72. The van der Waals surface area contributed by atoms with Gasteiger partial charge in [-0.25, -0.2) is 4.79 Å². The first-order valence-electron chi connectivity index (χ1n) is 6.08. The second-order valence-electron chi connectivity index (χ2n) is 4.25. The van der Waals surface area contributed by atoms with Crippen LogP contribution < -0.4 is 4.74 Å². The molecular weight excluding hydrogens is 256 g/mol. The quantitative estimate of drug-likeness (QED) is 0.304. The number of hydrogen-bond acceptors (Lipinski definition) is 5. The summed E-state index contributed by atoms with van der Waals surface area (Å²) in [5, 5.41) is 12.0. The molecule has 5 nitrogen and oxygen atoms in total.